The Kier molecular flexibility index (Phi) is 9.08. The highest BCUT2D eigenvalue weighted by atomic mass is 32.2. The topological polar surface area (TPSA) is 49.4 Å². The molecule has 0 aliphatic heterocycles. The van der Waals surface area contributed by atoms with Gasteiger partial charge in [-0.25, -0.2) is 0 Å². The SMILES string of the molecule is CCCCSCC(=O)N(Cc1ccccc1)C(C)c1cccc(NC(C)=O)c1. The van der Waals surface area contributed by atoms with Gasteiger partial charge in [0.15, 0.2) is 0 Å². The lowest BCUT2D eigenvalue weighted by Crippen LogP contribution is -2.34. The molecule has 2 amide bonds. The third-order valence-corrected chi connectivity index (χ3v) is 5.57. The van der Waals surface area contributed by atoms with Crippen molar-refractivity contribution in [3.05, 3.63) is 65.7 Å². The average Bonchev–Trinajstić information content (AvgIpc) is 2.69. The van der Waals surface area contributed by atoms with Crippen molar-refractivity contribution in [2.45, 2.75) is 46.2 Å². The number of unbranched alkanes of at least 4 members (excludes halogenated alkanes) is 1. The molecule has 1 unspecified atom stereocenters. The number of hydrogen-bond donors (Lipinski definition) is 1. The van der Waals surface area contributed by atoms with E-state index in [4.69, 9.17) is 0 Å². The molecular formula is C23H30N2O2S. The first kappa shape index (κ1) is 22.0. The smallest absolute Gasteiger partial charge is 0.233 e. The average molecular weight is 399 g/mol. The van der Waals surface area contributed by atoms with Crippen LogP contribution >= 0.6 is 11.8 Å². The van der Waals surface area contributed by atoms with Crippen molar-refractivity contribution in [1.82, 2.24) is 4.90 Å². The van der Waals surface area contributed by atoms with Gasteiger partial charge in [0.1, 0.15) is 0 Å². The Morgan fingerprint density at radius 2 is 1.86 bits per heavy atom. The quantitative estimate of drug-likeness (QED) is 0.555. The van der Waals surface area contributed by atoms with Crippen molar-refractivity contribution < 1.29 is 9.59 Å². The molecule has 0 bridgehead atoms. The predicted octanol–water partition coefficient (Wildman–Crippen LogP) is 5.27. The maximum Gasteiger partial charge on any atom is 0.233 e. The number of rotatable bonds is 10. The minimum absolute atomic E-state index is 0.0896. The molecule has 0 radical (unpaired) electrons. The van der Waals surface area contributed by atoms with Gasteiger partial charge < -0.3 is 10.2 Å². The summed E-state index contributed by atoms with van der Waals surface area (Å²) in [6.07, 6.45) is 2.27. The monoisotopic (exact) mass is 398 g/mol. The molecule has 0 fully saturated rings. The first-order chi connectivity index (χ1) is 13.5. The molecule has 28 heavy (non-hydrogen) atoms. The van der Waals surface area contributed by atoms with E-state index >= 15 is 0 Å². The van der Waals surface area contributed by atoms with Gasteiger partial charge in [0.2, 0.25) is 11.8 Å². The fourth-order valence-electron chi connectivity index (χ4n) is 2.97. The molecule has 150 valence electrons. The Labute approximate surface area is 172 Å². The van der Waals surface area contributed by atoms with Gasteiger partial charge in [-0.1, -0.05) is 55.8 Å². The van der Waals surface area contributed by atoms with Gasteiger partial charge in [0, 0.05) is 19.2 Å². The molecule has 4 nitrogen and oxygen atoms in total. The first-order valence-corrected chi connectivity index (χ1v) is 11.0. The van der Waals surface area contributed by atoms with Crippen molar-refractivity contribution in [1.29, 1.82) is 0 Å². The van der Waals surface area contributed by atoms with Crippen LogP contribution in [0.25, 0.3) is 0 Å². The Bertz CT molecular complexity index is 764. The summed E-state index contributed by atoms with van der Waals surface area (Å²) in [5, 5.41) is 2.82. The molecule has 0 aromatic heterocycles. The Morgan fingerprint density at radius 1 is 1.11 bits per heavy atom. The largest absolute Gasteiger partial charge is 0.331 e. The van der Waals surface area contributed by atoms with Gasteiger partial charge in [-0.3, -0.25) is 9.59 Å². The fraction of sp³-hybridized carbons (Fsp3) is 0.391. The van der Waals surface area contributed by atoms with Crippen LogP contribution in [-0.2, 0) is 16.1 Å². The van der Waals surface area contributed by atoms with Crippen LogP contribution < -0.4 is 5.32 Å². The second-order valence-electron chi connectivity index (χ2n) is 6.90. The molecule has 0 saturated carbocycles. The minimum atomic E-state index is -0.102. The minimum Gasteiger partial charge on any atom is -0.331 e. The Balaban J connectivity index is 2.19. The Hall–Kier alpha value is -2.27. The van der Waals surface area contributed by atoms with E-state index in [0.717, 1.165) is 35.4 Å². The standard InChI is InChI=1S/C23H30N2O2S/c1-4-5-14-28-17-23(27)25(16-20-10-7-6-8-11-20)18(2)21-12-9-13-22(15-21)24-19(3)26/h6-13,15,18H,4-5,14,16-17H2,1-3H3,(H,24,26). The van der Waals surface area contributed by atoms with Crippen LogP contribution in [0.3, 0.4) is 0 Å². The van der Waals surface area contributed by atoms with Crippen LogP contribution in [0.5, 0.6) is 0 Å². The normalized spacial score (nSPS) is 11.7. The molecule has 2 aromatic rings. The number of carbonyl (C=O) groups excluding carboxylic acids is 2. The highest BCUT2D eigenvalue weighted by molar-refractivity contribution is 7.99. The number of carbonyl (C=O) groups is 2. The van der Waals surface area contributed by atoms with Crippen LogP contribution in [-0.4, -0.2) is 28.2 Å². The van der Waals surface area contributed by atoms with Crippen LogP contribution in [0.2, 0.25) is 0 Å². The summed E-state index contributed by atoms with van der Waals surface area (Å²) in [5.41, 5.74) is 2.87. The number of hydrogen-bond acceptors (Lipinski definition) is 3. The molecule has 2 rings (SSSR count). The summed E-state index contributed by atoms with van der Waals surface area (Å²) in [6.45, 7) is 6.27. The third kappa shape index (κ3) is 7.04. The summed E-state index contributed by atoms with van der Waals surface area (Å²) in [4.78, 5) is 26.3. The summed E-state index contributed by atoms with van der Waals surface area (Å²) >= 11 is 1.70. The van der Waals surface area contributed by atoms with Crippen molar-refractivity contribution >= 4 is 29.3 Å². The predicted molar refractivity (Wildman–Crippen MR) is 118 cm³/mol. The van der Waals surface area contributed by atoms with E-state index in [1.165, 1.54) is 6.92 Å². The van der Waals surface area contributed by atoms with E-state index in [2.05, 4.69) is 12.2 Å². The number of nitrogens with zero attached hydrogens (tertiary/aromatic N) is 1. The molecule has 0 saturated heterocycles. The second kappa shape index (κ2) is 11.5. The lowest BCUT2D eigenvalue weighted by molar-refractivity contribution is -0.131. The maximum atomic E-state index is 13.0. The molecule has 0 aliphatic carbocycles. The molecule has 0 spiro atoms. The lowest BCUT2D eigenvalue weighted by Gasteiger charge is -2.30. The van der Waals surface area contributed by atoms with Gasteiger partial charge in [-0.05, 0) is 42.4 Å². The summed E-state index contributed by atoms with van der Waals surface area (Å²) in [5.74, 6) is 1.54. The summed E-state index contributed by atoms with van der Waals surface area (Å²) in [6, 6.07) is 17.7. The van der Waals surface area contributed by atoms with Crippen molar-refractivity contribution in [2.24, 2.45) is 0 Å². The van der Waals surface area contributed by atoms with Crippen LogP contribution in [0, 0.1) is 0 Å². The highest BCUT2D eigenvalue weighted by Crippen LogP contribution is 2.26. The zero-order chi connectivity index (χ0) is 20.4. The molecule has 1 N–H and O–H groups in total. The zero-order valence-electron chi connectivity index (χ0n) is 17.0. The van der Waals surface area contributed by atoms with Crippen molar-refractivity contribution in [3.63, 3.8) is 0 Å². The number of nitrogens with one attached hydrogen (secondary N) is 1. The fourth-order valence-corrected chi connectivity index (χ4v) is 3.95. The number of anilines is 1. The van der Waals surface area contributed by atoms with Crippen LogP contribution in [0.15, 0.2) is 54.6 Å². The molecule has 0 aliphatic rings. The highest BCUT2D eigenvalue weighted by Gasteiger charge is 2.22. The van der Waals surface area contributed by atoms with Gasteiger partial charge in [0.05, 0.1) is 11.8 Å². The Morgan fingerprint density at radius 3 is 2.54 bits per heavy atom. The van der Waals surface area contributed by atoms with Gasteiger partial charge in [-0.15, -0.1) is 0 Å². The van der Waals surface area contributed by atoms with Crippen LogP contribution in [0.4, 0.5) is 5.69 Å². The summed E-state index contributed by atoms with van der Waals surface area (Å²) in [7, 11) is 0. The van der Waals surface area contributed by atoms with E-state index in [1.54, 1.807) is 11.8 Å². The van der Waals surface area contributed by atoms with E-state index < -0.39 is 0 Å². The van der Waals surface area contributed by atoms with Crippen LogP contribution in [0.1, 0.15) is 50.8 Å². The van der Waals surface area contributed by atoms with Gasteiger partial charge >= 0.3 is 0 Å². The molecule has 2 aromatic carbocycles. The van der Waals surface area contributed by atoms with E-state index in [0.29, 0.717) is 12.3 Å². The van der Waals surface area contributed by atoms with E-state index in [1.807, 2.05) is 66.4 Å². The van der Waals surface area contributed by atoms with E-state index in [9.17, 15) is 9.59 Å². The van der Waals surface area contributed by atoms with Gasteiger partial charge in [-0.2, -0.15) is 11.8 Å². The number of benzene rings is 2. The molecule has 0 heterocycles. The third-order valence-electron chi connectivity index (χ3n) is 4.54. The number of thioether (sulfide) groups is 1. The maximum absolute atomic E-state index is 13.0. The molecule has 5 heteroatoms. The first-order valence-electron chi connectivity index (χ1n) is 9.80. The zero-order valence-corrected chi connectivity index (χ0v) is 17.8. The molecule has 1 atom stereocenters. The second-order valence-corrected chi connectivity index (χ2v) is 8.00. The van der Waals surface area contributed by atoms with E-state index in [-0.39, 0.29) is 17.9 Å². The molecular weight excluding hydrogens is 368 g/mol. The van der Waals surface area contributed by atoms with Crippen molar-refractivity contribution in [3.8, 4) is 0 Å². The van der Waals surface area contributed by atoms with Gasteiger partial charge in [0.25, 0.3) is 0 Å². The lowest BCUT2D eigenvalue weighted by atomic mass is 10.0. The van der Waals surface area contributed by atoms with Crippen molar-refractivity contribution in [2.75, 3.05) is 16.8 Å². The summed E-state index contributed by atoms with van der Waals surface area (Å²) < 4.78 is 0. The number of amides is 2.